The van der Waals surface area contributed by atoms with Gasteiger partial charge in [0.1, 0.15) is 0 Å². The van der Waals surface area contributed by atoms with E-state index < -0.39 is 12.1 Å². The van der Waals surface area contributed by atoms with Crippen molar-refractivity contribution in [3.63, 3.8) is 0 Å². The SMILES string of the molecule is CC/C=C/C[C@H](O)/C=C/C=C/C/C=C/C/C=C\CCCC(=O)O. The number of unbranched alkanes of at least 4 members (excludes halogenated alkanes) is 1. The first kappa shape index (κ1) is 21.1. The molecular formula is C20H30O3. The maximum Gasteiger partial charge on any atom is 0.303 e. The summed E-state index contributed by atoms with van der Waals surface area (Å²) in [7, 11) is 0. The van der Waals surface area contributed by atoms with Crippen LogP contribution < -0.4 is 0 Å². The fraction of sp³-hybridized carbons (Fsp3) is 0.450. The number of hydrogen-bond acceptors (Lipinski definition) is 2. The molecule has 0 saturated heterocycles. The molecule has 0 aromatic heterocycles. The number of allylic oxidation sites excluding steroid dienone is 8. The van der Waals surface area contributed by atoms with Gasteiger partial charge in [-0.1, -0.05) is 67.7 Å². The van der Waals surface area contributed by atoms with Crippen LogP contribution in [0, 0.1) is 0 Å². The molecule has 0 aliphatic rings. The molecular weight excluding hydrogens is 288 g/mol. The Morgan fingerprint density at radius 3 is 2.35 bits per heavy atom. The maximum absolute atomic E-state index is 10.3. The summed E-state index contributed by atoms with van der Waals surface area (Å²) >= 11 is 0. The van der Waals surface area contributed by atoms with E-state index >= 15 is 0 Å². The smallest absolute Gasteiger partial charge is 0.303 e. The van der Waals surface area contributed by atoms with Gasteiger partial charge < -0.3 is 10.2 Å². The first-order valence-corrected chi connectivity index (χ1v) is 8.35. The van der Waals surface area contributed by atoms with Crippen molar-refractivity contribution in [3.8, 4) is 0 Å². The lowest BCUT2D eigenvalue weighted by Crippen LogP contribution is -1.98. The number of aliphatic hydroxyl groups is 1. The van der Waals surface area contributed by atoms with E-state index in [1.54, 1.807) is 6.08 Å². The van der Waals surface area contributed by atoms with Crippen LogP contribution in [0.25, 0.3) is 0 Å². The lowest BCUT2D eigenvalue weighted by molar-refractivity contribution is -0.137. The number of carboxylic acids is 1. The molecule has 0 radical (unpaired) electrons. The zero-order chi connectivity index (χ0) is 17.2. The molecule has 0 unspecified atom stereocenters. The van der Waals surface area contributed by atoms with Gasteiger partial charge in [-0.15, -0.1) is 0 Å². The van der Waals surface area contributed by atoms with E-state index in [4.69, 9.17) is 5.11 Å². The lowest BCUT2D eigenvalue weighted by Gasteiger charge is -1.98. The Kier molecular flexibility index (Phi) is 15.2. The standard InChI is InChI=1S/C20H30O3/c1-2-3-13-16-19(21)17-14-11-9-7-5-4-6-8-10-12-15-18-20(22)23/h3-5,8-11,13-14,17,19,21H,2,6-7,12,15-16,18H2,1H3,(H,22,23)/b5-4+,10-8-,11-9+,13-3+,17-14+/t19-/m0/s1. The van der Waals surface area contributed by atoms with Crippen LogP contribution in [0.2, 0.25) is 0 Å². The fourth-order valence-electron chi connectivity index (χ4n) is 1.77. The third-order valence-electron chi connectivity index (χ3n) is 3.00. The van der Waals surface area contributed by atoms with Crippen LogP contribution in [-0.4, -0.2) is 22.3 Å². The van der Waals surface area contributed by atoms with Crippen molar-refractivity contribution in [2.45, 2.75) is 58.0 Å². The van der Waals surface area contributed by atoms with Crippen LogP contribution in [0.15, 0.2) is 60.8 Å². The first-order valence-electron chi connectivity index (χ1n) is 8.35. The van der Waals surface area contributed by atoms with Gasteiger partial charge >= 0.3 is 5.97 Å². The molecule has 128 valence electrons. The second-order valence-electron chi connectivity index (χ2n) is 5.20. The molecule has 3 heteroatoms. The van der Waals surface area contributed by atoms with Crippen LogP contribution in [0.3, 0.4) is 0 Å². The molecule has 0 saturated carbocycles. The third-order valence-corrected chi connectivity index (χ3v) is 3.00. The minimum absolute atomic E-state index is 0.238. The highest BCUT2D eigenvalue weighted by molar-refractivity contribution is 5.66. The highest BCUT2D eigenvalue weighted by Gasteiger charge is 1.93. The van der Waals surface area contributed by atoms with Crippen molar-refractivity contribution in [2.75, 3.05) is 0 Å². The molecule has 0 aromatic carbocycles. The molecule has 0 rings (SSSR count). The predicted molar refractivity (Wildman–Crippen MR) is 97.3 cm³/mol. The first-order chi connectivity index (χ1) is 11.2. The van der Waals surface area contributed by atoms with E-state index in [2.05, 4.69) is 31.2 Å². The minimum Gasteiger partial charge on any atom is -0.481 e. The van der Waals surface area contributed by atoms with E-state index in [1.807, 2.05) is 30.4 Å². The zero-order valence-corrected chi connectivity index (χ0v) is 14.1. The number of carboxylic acid groups (broad SMARTS) is 1. The molecule has 0 fully saturated rings. The second-order valence-corrected chi connectivity index (χ2v) is 5.20. The molecule has 0 heterocycles. The Morgan fingerprint density at radius 1 is 0.957 bits per heavy atom. The van der Waals surface area contributed by atoms with Crippen molar-refractivity contribution < 1.29 is 15.0 Å². The Hall–Kier alpha value is -1.87. The normalized spacial score (nSPS) is 14.2. The predicted octanol–water partition coefficient (Wildman–Crippen LogP) is 4.96. The van der Waals surface area contributed by atoms with Gasteiger partial charge in [-0.25, -0.2) is 0 Å². The van der Waals surface area contributed by atoms with Gasteiger partial charge in [-0.05, 0) is 38.5 Å². The average Bonchev–Trinajstić information content (AvgIpc) is 2.51. The van der Waals surface area contributed by atoms with Gasteiger partial charge in [0.05, 0.1) is 6.10 Å². The molecule has 0 aliphatic carbocycles. The number of aliphatic hydroxyl groups excluding tert-OH is 1. The summed E-state index contributed by atoms with van der Waals surface area (Å²) in [6.45, 7) is 2.07. The molecule has 23 heavy (non-hydrogen) atoms. The summed E-state index contributed by atoms with van der Waals surface area (Å²) in [5.41, 5.74) is 0. The molecule has 0 spiro atoms. The van der Waals surface area contributed by atoms with Crippen molar-refractivity contribution >= 4 is 5.97 Å². The summed E-state index contributed by atoms with van der Waals surface area (Å²) in [6.07, 6.45) is 24.7. The molecule has 0 amide bonds. The van der Waals surface area contributed by atoms with Gasteiger partial charge in [0, 0.05) is 6.42 Å². The molecule has 0 aromatic rings. The van der Waals surface area contributed by atoms with Gasteiger partial charge in [0.2, 0.25) is 0 Å². The molecule has 2 N–H and O–H groups in total. The summed E-state index contributed by atoms with van der Waals surface area (Å²) in [6, 6.07) is 0. The average molecular weight is 318 g/mol. The van der Waals surface area contributed by atoms with Gasteiger partial charge in [0.25, 0.3) is 0 Å². The Balaban J connectivity index is 3.63. The number of aliphatic carboxylic acids is 1. The summed E-state index contributed by atoms with van der Waals surface area (Å²) < 4.78 is 0. The third kappa shape index (κ3) is 18.1. The van der Waals surface area contributed by atoms with E-state index in [-0.39, 0.29) is 6.42 Å². The number of rotatable bonds is 13. The Labute approximate surface area is 140 Å². The minimum atomic E-state index is -0.732. The van der Waals surface area contributed by atoms with Gasteiger partial charge in [-0.2, -0.15) is 0 Å². The van der Waals surface area contributed by atoms with Crippen molar-refractivity contribution in [2.24, 2.45) is 0 Å². The quantitative estimate of drug-likeness (QED) is 0.286. The van der Waals surface area contributed by atoms with Crippen molar-refractivity contribution in [1.29, 1.82) is 0 Å². The van der Waals surface area contributed by atoms with Crippen molar-refractivity contribution in [3.05, 3.63) is 60.8 Å². The maximum atomic E-state index is 10.3. The van der Waals surface area contributed by atoms with Crippen LogP contribution in [-0.2, 0) is 4.79 Å². The molecule has 0 aliphatic heterocycles. The lowest BCUT2D eigenvalue weighted by atomic mass is 10.2. The largest absolute Gasteiger partial charge is 0.481 e. The molecule has 3 nitrogen and oxygen atoms in total. The topological polar surface area (TPSA) is 57.5 Å². The highest BCUT2D eigenvalue weighted by Crippen LogP contribution is 1.99. The van der Waals surface area contributed by atoms with E-state index in [1.165, 1.54) is 0 Å². The van der Waals surface area contributed by atoms with Gasteiger partial charge in [0.15, 0.2) is 0 Å². The summed E-state index contributed by atoms with van der Waals surface area (Å²) in [4.78, 5) is 10.3. The van der Waals surface area contributed by atoms with E-state index in [9.17, 15) is 9.90 Å². The van der Waals surface area contributed by atoms with E-state index in [0.29, 0.717) is 12.8 Å². The van der Waals surface area contributed by atoms with E-state index in [0.717, 1.165) is 25.7 Å². The summed E-state index contributed by atoms with van der Waals surface area (Å²) in [5.74, 6) is -0.732. The fourth-order valence-corrected chi connectivity index (χ4v) is 1.77. The van der Waals surface area contributed by atoms with Crippen LogP contribution in [0.1, 0.15) is 51.9 Å². The van der Waals surface area contributed by atoms with Crippen molar-refractivity contribution in [1.82, 2.24) is 0 Å². The van der Waals surface area contributed by atoms with Gasteiger partial charge in [-0.3, -0.25) is 4.79 Å². The summed E-state index contributed by atoms with van der Waals surface area (Å²) in [5, 5.41) is 18.1. The van der Waals surface area contributed by atoms with Crippen LogP contribution in [0.4, 0.5) is 0 Å². The molecule has 1 atom stereocenters. The van der Waals surface area contributed by atoms with Crippen LogP contribution >= 0.6 is 0 Å². The second kappa shape index (κ2) is 16.5. The zero-order valence-electron chi connectivity index (χ0n) is 14.1. The Bertz CT molecular complexity index is 428. The Morgan fingerprint density at radius 2 is 1.65 bits per heavy atom. The van der Waals surface area contributed by atoms with Crippen LogP contribution in [0.5, 0.6) is 0 Å². The molecule has 0 bridgehead atoms. The monoisotopic (exact) mass is 318 g/mol. The highest BCUT2D eigenvalue weighted by atomic mass is 16.4. The number of hydrogen-bond donors (Lipinski definition) is 2. The number of carbonyl (C=O) groups is 1.